The van der Waals surface area contributed by atoms with Crippen molar-refractivity contribution in [2.45, 2.75) is 19.8 Å². The van der Waals surface area contributed by atoms with E-state index >= 15 is 0 Å². The van der Waals surface area contributed by atoms with Gasteiger partial charge in [0.05, 0.1) is 32.7 Å². The first-order valence-electron chi connectivity index (χ1n) is 11.9. The average Bonchev–Trinajstić information content (AvgIpc) is 3.50. The van der Waals surface area contributed by atoms with E-state index in [0.29, 0.717) is 27.1 Å². The van der Waals surface area contributed by atoms with Crippen LogP contribution in [-0.2, 0) is 17.6 Å². The lowest BCUT2D eigenvalue weighted by Gasteiger charge is -2.15. The van der Waals surface area contributed by atoms with Crippen molar-refractivity contribution in [2.24, 2.45) is 0 Å². The molecule has 2 amide bonds. The van der Waals surface area contributed by atoms with E-state index in [9.17, 15) is 9.59 Å². The van der Waals surface area contributed by atoms with Crippen molar-refractivity contribution in [1.29, 1.82) is 0 Å². The molecule has 5 aromatic rings. The summed E-state index contributed by atoms with van der Waals surface area (Å²) in [6.45, 7) is 1.46. The molecule has 10 heteroatoms. The lowest BCUT2D eigenvalue weighted by molar-refractivity contribution is -0.114. The highest BCUT2D eigenvalue weighted by Gasteiger charge is 2.30. The smallest absolute Gasteiger partial charge is 0.255 e. The molecule has 8 nitrogen and oxygen atoms in total. The van der Waals surface area contributed by atoms with Crippen LogP contribution in [0.25, 0.3) is 27.5 Å². The number of fused-ring (bicyclic) bond motifs is 3. The highest BCUT2D eigenvalue weighted by Crippen LogP contribution is 2.44. The maximum atomic E-state index is 12.9. The molecule has 2 aromatic carbocycles. The molecule has 188 valence electrons. The van der Waals surface area contributed by atoms with Crippen LogP contribution in [0.3, 0.4) is 0 Å². The van der Waals surface area contributed by atoms with Gasteiger partial charge in [0.1, 0.15) is 0 Å². The molecule has 0 radical (unpaired) electrons. The summed E-state index contributed by atoms with van der Waals surface area (Å²) in [5.74, 6) is -0.429. The topological polar surface area (TPSA) is 102 Å². The minimum absolute atomic E-state index is 0.173. The minimum Gasteiger partial charge on any atom is -0.322 e. The van der Waals surface area contributed by atoms with Gasteiger partial charge in [-0.1, -0.05) is 41.1 Å². The van der Waals surface area contributed by atoms with Crippen LogP contribution in [0.15, 0.2) is 73.1 Å². The van der Waals surface area contributed by atoms with Crippen molar-refractivity contribution < 1.29 is 9.59 Å². The van der Waals surface area contributed by atoms with E-state index in [-0.39, 0.29) is 11.8 Å². The molecule has 0 spiro atoms. The standard InChI is InChI=1S/C28H21ClN6O2S/c1-16(36)31-28-33-22-11-10-20-24(18-6-5-13-30-15-18)34-35(25(20)26(22)38-28)23-12-9-17(14-21(23)29)27(37)32-19-7-3-2-4-8-19/h2-9,12-15H,10-11H2,1H3,(H,32,37)(H,31,33,36). The van der Waals surface area contributed by atoms with Gasteiger partial charge in [0, 0.05) is 41.7 Å². The molecular weight excluding hydrogens is 520 g/mol. The number of benzene rings is 2. The molecule has 2 N–H and O–H groups in total. The van der Waals surface area contributed by atoms with Crippen molar-refractivity contribution >= 4 is 45.6 Å². The van der Waals surface area contributed by atoms with Gasteiger partial charge < -0.3 is 10.6 Å². The van der Waals surface area contributed by atoms with Crippen molar-refractivity contribution in [2.75, 3.05) is 10.6 Å². The van der Waals surface area contributed by atoms with E-state index in [4.69, 9.17) is 16.7 Å². The molecule has 0 saturated heterocycles. The summed E-state index contributed by atoms with van der Waals surface area (Å²) < 4.78 is 1.81. The Hall–Kier alpha value is -4.34. The first kappa shape index (κ1) is 24.0. The summed E-state index contributed by atoms with van der Waals surface area (Å²) >= 11 is 8.20. The zero-order valence-corrected chi connectivity index (χ0v) is 21.8. The van der Waals surface area contributed by atoms with Gasteiger partial charge in [-0.05, 0) is 55.3 Å². The number of anilines is 2. The molecule has 0 unspecified atom stereocenters. The van der Waals surface area contributed by atoms with Gasteiger partial charge in [0.2, 0.25) is 5.91 Å². The first-order valence-corrected chi connectivity index (χ1v) is 13.1. The number of carbonyl (C=O) groups excluding carboxylic acids is 2. The van der Waals surface area contributed by atoms with E-state index in [1.165, 1.54) is 18.3 Å². The molecule has 1 aliphatic rings. The molecule has 0 bridgehead atoms. The van der Waals surface area contributed by atoms with Gasteiger partial charge in [-0.2, -0.15) is 5.10 Å². The van der Waals surface area contributed by atoms with Crippen LogP contribution in [0, 0.1) is 0 Å². The molecule has 3 aromatic heterocycles. The number of nitrogens with zero attached hydrogens (tertiary/aromatic N) is 4. The zero-order valence-electron chi connectivity index (χ0n) is 20.2. The average molecular weight is 541 g/mol. The second-order valence-corrected chi connectivity index (χ2v) is 10.2. The van der Waals surface area contributed by atoms with Crippen LogP contribution in [0.5, 0.6) is 0 Å². The Labute approximate surface area is 227 Å². The van der Waals surface area contributed by atoms with E-state index in [2.05, 4.69) is 20.6 Å². The van der Waals surface area contributed by atoms with Gasteiger partial charge in [0.25, 0.3) is 5.91 Å². The lowest BCUT2D eigenvalue weighted by atomic mass is 9.95. The van der Waals surface area contributed by atoms with Crippen molar-refractivity contribution in [3.8, 4) is 27.5 Å². The summed E-state index contributed by atoms with van der Waals surface area (Å²) in [5.41, 5.74) is 6.32. The van der Waals surface area contributed by atoms with Crippen LogP contribution in [-0.4, -0.2) is 31.6 Å². The van der Waals surface area contributed by atoms with Gasteiger partial charge in [-0.15, -0.1) is 0 Å². The Morgan fingerprint density at radius 3 is 2.61 bits per heavy atom. The highest BCUT2D eigenvalue weighted by atomic mass is 35.5. The van der Waals surface area contributed by atoms with Gasteiger partial charge >= 0.3 is 0 Å². The molecule has 6 rings (SSSR count). The zero-order chi connectivity index (χ0) is 26.2. The largest absolute Gasteiger partial charge is 0.322 e. The second kappa shape index (κ2) is 9.85. The molecule has 0 saturated carbocycles. The first-order chi connectivity index (χ1) is 18.5. The Morgan fingerprint density at radius 2 is 1.87 bits per heavy atom. The fourth-order valence-corrected chi connectivity index (χ4v) is 5.90. The summed E-state index contributed by atoms with van der Waals surface area (Å²) in [6, 6.07) is 18.3. The summed E-state index contributed by atoms with van der Waals surface area (Å²) in [6.07, 6.45) is 4.97. The molecular formula is C28H21ClN6O2S. The van der Waals surface area contributed by atoms with Crippen LogP contribution in [0.4, 0.5) is 10.8 Å². The quantitative estimate of drug-likeness (QED) is 0.284. The molecule has 0 atom stereocenters. The van der Waals surface area contributed by atoms with Crippen LogP contribution in [0.1, 0.15) is 28.5 Å². The van der Waals surface area contributed by atoms with E-state index in [1.54, 1.807) is 30.6 Å². The predicted octanol–water partition coefficient (Wildman–Crippen LogP) is 6.02. The molecule has 3 heterocycles. The number of nitrogens with one attached hydrogen (secondary N) is 2. The normalized spacial score (nSPS) is 11.9. The number of hydrogen-bond donors (Lipinski definition) is 2. The monoisotopic (exact) mass is 540 g/mol. The highest BCUT2D eigenvalue weighted by molar-refractivity contribution is 7.19. The fraction of sp³-hybridized carbons (Fsp3) is 0.107. The fourth-order valence-electron chi connectivity index (χ4n) is 4.53. The maximum absolute atomic E-state index is 12.9. The van der Waals surface area contributed by atoms with E-state index in [0.717, 1.165) is 45.9 Å². The number of hydrogen-bond acceptors (Lipinski definition) is 6. The summed E-state index contributed by atoms with van der Waals surface area (Å²) in [7, 11) is 0. The number of aryl methyl sites for hydroxylation is 1. The summed E-state index contributed by atoms with van der Waals surface area (Å²) in [4.78, 5) is 34.4. The lowest BCUT2D eigenvalue weighted by Crippen LogP contribution is -2.12. The Kier molecular flexibility index (Phi) is 6.22. The molecule has 38 heavy (non-hydrogen) atoms. The van der Waals surface area contributed by atoms with Crippen molar-refractivity contribution in [1.82, 2.24) is 19.7 Å². The minimum atomic E-state index is -0.257. The number of rotatable bonds is 5. The maximum Gasteiger partial charge on any atom is 0.255 e. The Balaban J connectivity index is 1.45. The Morgan fingerprint density at radius 1 is 1.03 bits per heavy atom. The van der Waals surface area contributed by atoms with E-state index in [1.807, 2.05) is 47.1 Å². The number of carbonyl (C=O) groups is 2. The van der Waals surface area contributed by atoms with Crippen LogP contribution >= 0.6 is 22.9 Å². The van der Waals surface area contributed by atoms with Gasteiger partial charge in [-0.25, -0.2) is 9.67 Å². The number of aromatic nitrogens is 4. The van der Waals surface area contributed by atoms with Crippen LogP contribution in [0.2, 0.25) is 5.02 Å². The predicted molar refractivity (Wildman–Crippen MR) is 149 cm³/mol. The molecule has 1 aliphatic carbocycles. The third-order valence-electron chi connectivity index (χ3n) is 6.20. The number of thiazole rings is 1. The number of halogens is 1. The van der Waals surface area contributed by atoms with Crippen molar-refractivity contribution in [3.05, 3.63) is 94.9 Å². The number of amides is 2. The summed E-state index contributed by atoms with van der Waals surface area (Å²) in [5, 5.41) is 11.6. The molecule has 0 aliphatic heterocycles. The van der Waals surface area contributed by atoms with Crippen LogP contribution < -0.4 is 10.6 Å². The second-order valence-electron chi connectivity index (χ2n) is 8.79. The Bertz CT molecular complexity index is 1680. The van der Waals surface area contributed by atoms with Gasteiger partial charge in [-0.3, -0.25) is 14.6 Å². The molecule has 0 fully saturated rings. The number of pyridine rings is 1. The van der Waals surface area contributed by atoms with Gasteiger partial charge in [0.15, 0.2) is 5.13 Å². The third kappa shape index (κ3) is 4.46. The van der Waals surface area contributed by atoms with Crippen molar-refractivity contribution in [3.63, 3.8) is 0 Å². The van der Waals surface area contributed by atoms with E-state index < -0.39 is 0 Å². The number of para-hydroxylation sites is 1. The SMILES string of the molecule is CC(=O)Nc1nc2c(s1)-c1c(c(-c3cccnc3)nn1-c1ccc(C(=O)Nc3ccccc3)cc1Cl)CC2. The third-order valence-corrected chi connectivity index (χ3v) is 7.52.